The van der Waals surface area contributed by atoms with Gasteiger partial charge in [-0.25, -0.2) is 0 Å². The number of rotatable bonds is 3. The molecule has 16 heavy (non-hydrogen) atoms. The smallest absolute Gasteiger partial charge is 0.242 e. The van der Waals surface area contributed by atoms with Crippen molar-refractivity contribution in [3.63, 3.8) is 0 Å². The number of carbonyl (C=O) groups is 1. The number of carbonyl (C=O) groups excluding carboxylic acids is 1. The zero-order valence-electron chi connectivity index (χ0n) is 9.42. The number of amides is 1. The second kappa shape index (κ2) is 5.41. The molecule has 0 saturated heterocycles. The van der Waals surface area contributed by atoms with E-state index in [9.17, 15) is 4.79 Å². The zero-order chi connectivity index (χ0) is 12.3. The van der Waals surface area contributed by atoms with Crippen LogP contribution >= 0.6 is 23.2 Å². The van der Waals surface area contributed by atoms with E-state index in [0.29, 0.717) is 10.7 Å². The van der Waals surface area contributed by atoms with Crippen LogP contribution in [-0.2, 0) is 4.79 Å². The van der Waals surface area contributed by atoms with Crippen LogP contribution in [0.15, 0.2) is 18.2 Å². The summed E-state index contributed by atoms with van der Waals surface area (Å²) in [5.74, 6) is -0.243. The summed E-state index contributed by atoms with van der Waals surface area (Å²) in [6, 6.07) is 5.32. The van der Waals surface area contributed by atoms with Crippen LogP contribution in [0, 0.1) is 0 Å². The van der Waals surface area contributed by atoms with E-state index in [2.05, 4.69) is 5.32 Å². The van der Waals surface area contributed by atoms with Gasteiger partial charge < -0.3 is 10.2 Å². The predicted octanol–water partition coefficient (Wildman–Crippen LogP) is 2.97. The first-order valence-corrected chi connectivity index (χ1v) is 5.65. The summed E-state index contributed by atoms with van der Waals surface area (Å²) in [5, 5.41) is 2.73. The SMILES string of the molecule is CC(Cl)C(=O)Nc1cc(Cl)ccc1N(C)C. The van der Waals surface area contributed by atoms with Gasteiger partial charge in [0.2, 0.25) is 5.91 Å². The molecule has 1 unspecified atom stereocenters. The van der Waals surface area contributed by atoms with E-state index in [-0.39, 0.29) is 5.91 Å². The molecule has 0 fully saturated rings. The summed E-state index contributed by atoms with van der Waals surface area (Å²) in [5.41, 5.74) is 1.55. The first-order valence-electron chi connectivity index (χ1n) is 4.83. The van der Waals surface area contributed by atoms with Gasteiger partial charge in [0, 0.05) is 19.1 Å². The lowest BCUT2D eigenvalue weighted by atomic mass is 10.2. The molecule has 5 heteroatoms. The second-order valence-electron chi connectivity index (χ2n) is 3.66. The van der Waals surface area contributed by atoms with E-state index in [0.717, 1.165) is 5.69 Å². The number of alkyl halides is 1. The molecule has 88 valence electrons. The molecule has 0 aliphatic carbocycles. The highest BCUT2D eigenvalue weighted by Gasteiger charge is 2.12. The number of hydrogen-bond donors (Lipinski definition) is 1. The largest absolute Gasteiger partial charge is 0.376 e. The molecule has 0 aliphatic heterocycles. The third-order valence-electron chi connectivity index (χ3n) is 2.06. The third kappa shape index (κ3) is 3.29. The predicted molar refractivity (Wildman–Crippen MR) is 69.7 cm³/mol. The standard InChI is InChI=1S/C11H14Cl2N2O/c1-7(12)11(16)14-9-6-8(13)4-5-10(9)15(2)3/h4-7H,1-3H3,(H,14,16). The van der Waals surface area contributed by atoms with E-state index in [1.807, 2.05) is 25.1 Å². The van der Waals surface area contributed by atoms with Crippen molar-refractivity contribution >= 4 is 40.5 Å². The number of halogens is 2. The van der Waals surface area contributed by atoms with Gasteiger partial charge in [0.15, 0.2) is 0 Å². The second-order valence-corrected chi connectivity index (χ2v) is 4.75. The quantitative estimate of drug-likeness (QED) is 0.848. The summed E-state index contributed by atoms with van der Waals surface area (Å²) in [7, 11) is 3.78. The number of nitrogens with one attached hydrogen (secondary N) is 1. The molecule has 1 aromatic carbocycles. The highest BCUT2D eigenvalue weighted by Crippen LogP contribution is 2.28. The van der Waals surface area contributed by atoms with Gasteiger partial charge in [0.1, 0.15) is 5.38 Å². The minimum Gasteiger partial charge on any atom is -0.376 e. The van der Waals surface area contributed by atoms with Gasteiger partial charge in [0.05, 0.1) is 11.4 Å². The monoisotopic (exact) mass is 260 g/mol. The highest BCUT2D eigenvalue weighted by molar-refractivity contribution is 6.33. The first-order chi connectivity index (χ1) is 7.41. The van der Waals surface area contributed by atoms with E-state index in [4.69, 9.17) is 23.2 Å². The molecule has 0 bridgehead atoms. The maximum absolute atomic E-state index is 11.5. The molecule has 0 heterocycles. The summed E-state index contributed by atoms with van der Waals surface area (Å²) < 4.78 is 0. The number of anilines is 2. The van der Waals surface area contributed by atoms with Gasteiger partial charge in [-0.05, 0) is 25.1 Å². The first kappa shape index (κ1) is 13.1. The maximum atomic E-state index is 11.5. The molecular weight excluding hydrogens is 247 g/mol. The molecule has 1 rings (SSSR count). The van der Waals surface area contributed by atoms with Crippen molar-refractivity contribution in [3.05, 3.63) is 23.2 Å². The van der Waals surface area contributed by atoms with Crippen LogP contribution in [0.2, 0.25) is 5.02 Å². The Balaban J connectivity index is 3.01. The van der Waals surface area contributed by atoms with Crippen LogP contribution in [0.3, 0.4) is 0 Å². The fourth-order valence-electron chi connectivity index (χ4n) is 1.23. The van der Waals surface area contributed by atoms with Gasteiger partial charge in [-0.2, -0.15) is 0 Å². The third-order valence-corrected chi connectivity index (χ3v) is 2.49. The molecule has 1 amide bonds. The highest BCUT2D eigenvalue weighted by atomic mass is 35.5. The van der Waals surface area contributed by atoms with Gasteiger partial charge in [-0.15, -0.1) is 11.6 Å². The Labute approximate surface area is 105 Å². The molecule has 1 N–H and O–H groups in total. The molecule has 0 aromatic heterocycles. The van der Waals surface area contributed by atoms with E-state index >= 15 is 0 Å². The van der Waals surface area contributed by atoms with Crippen LogP contribution in [0.25, 0.3) is 0 Å². The van der Waals surface area contributed by atoms with Gasteiger partial charge >= 0.3 is 0 Å². The fourth-order valence-corrected chi connectivity index (χ4v) is 1.46. The number of benzene rings is 1. The van der Waals surface area contributed by atoms with Crippen LogP contribution in [0.1, 0.15) is 6.92 Å². The van der Waals surface area contributed by atoms with Gasteiger partial charge in [0.25, 0.3) is 0 Å². The summed E-state index contributed by atoms with van der Waals surface area (Å²) in [4.78, 5) is 13.4. The zero-order valence-corrected chi connectivity index (χ0v) is 10.9. The molecule has 1 aromatic rings. The van der Waals surface area contributed by atoms with Crippen molar-refractivity contribution in [2.45, 2.75) is 12.3 Å². The summed E-state index contributed by atoms with van der Waals surface area (Å²) in [6.07, 6.45) is 0. The Bertz CT molecular complexity index is 392. The van der Waals surface area contributed by atoms with Crippen molar-refractivity contribution in [3.8, 4) is 0 Å². The average Bonchev–Trinajstić information content (AvgIpc) is 2.16. The summed E-state index contributed by atoms with van der Waals surface area (Å²) >= 11 is 11.6. The van der Waals surface area contributed by atoms with Crippen molar-refractivity contribution in [2.75, 3.05) is 24.3 Å². The lowest BCUT2D eigenvalue weighted by molar-refractivity contribution is -0.115. The van der Waals surface area contributed by atoms with Crippen LogP contribution < -0.4 is 10.2 Å². The summed E-state index contributed by atoms with van der Waals surface area (Å²) in [6.45, 7) is 1.62. The van der Waals surface area contributed by atoms with Crippen molar-refractivity contribution < 1.29 is 4.79 Å². The Hall–Kier alpha value is -0.930. The minimum atomic E-state index is -0.575. The minimum absolute atomic E-state index is 0.243. The Morgan fingerprint density at radius 3 is 2.56 bits per heavy atom. The Morgan fingerprint density at radius 2 is 2.06 bits per heavy atom. The molecule has 0 aliphatic rings. The topological polar surface area (TPSA) is 32.3 Å². The molecular formula is C11H14Cl2N2O. The van der Waals surface area contributed by atoms with E-state index in [1.54, 1.807) is 19.1 Å². The maximum Gasteiger partial charge on any atom is 0.242 e. The van der Waals surface area contributed by atoms with Crippen molar-refractivity contribution in [1.29, 1.82) is 0 Å². The van der Waals surface area contributed by atoms with E-state index < -0.39 is 5.38 Å². The van der Waals surface area contributed by atoms with Crippen LogP contribution in [0.5, 0.6) is 0 Å². The molecule has 0 spiro atoms. The lowest BCUT2D eigenvalue weighted by Crippen LogP contribution is -2.22. The Morgan fingerprint density at radius 1 is 1.44 bits per heavy atom. The molecule has 1 atom stereocenters. The van der Waals surface area contributed by atoms with Gasteiger partial charge in [-0.3, -0.25) is 4.79 Å². The normalized spacial score (nSPS) is 12.1. The van der Waals surface area contributed by atoms with E-state index in [1.165, 1.54) is 0 Å². The average molecular weight is 261 g/mol. The van der Waals surface area contributed by atoms with Gasteiger partial charge in [-0.1, -0.05) is 11.6 Å². The Kier molecular flexibility index (Phi) is 4.44. The fraction of sp³-hybridized carbons (Fsp3) is 0.364. The van der Waals surface area contributed by atoms with Crippen molar-refractivity contribution in [2.24, 2.45) is 0 Å². The van der Waals surface area contributed by atoms with Crippen LogP contribution in [-0.4, -0.2) is 25.4 Å². The number of hydrogen-bond acceptors (Lipinski definition) is 2. The van der Waals surface area contributed by atoms with Crippen molar-refractivity contribution in [1.82, 2.24) is 0 Å². The lowest BCUT2D eigenvalue weighted by Gasteiger charge is -2.18. The van der Waals surface area contributed by atoms with Crippen LogP contribution in [0.4, 0.5) is 11.4 Å². The molecule has 0 saturated carbocycles. The molecule has 3 nitrogen and oxygen atoms in total. The molecule has 0 radical (unpaired) electrons. The number of nitrogens with zero attached hydrogens (tertiary/aromatic N) is 1.